The minimum atomic E-state index is -0.489. The average Bonchev–Trinajstić information content (AvgIpc) is 3.13. The van der Waals surface area contributed by atoms with Crippen molar-refractivity contribution >= 4 is 28.5 Å². The molecule has 33 heavy (non-hydrogen) atoms. The molecule has 0 radical (unpaired) electrons. The van der Waals surface area contributed by atoms with Crippen LogP contribution in [0.1, 0.15) is 18.9 Å². The van der Waals surface area contributed by atoms with Crippen LogP contribution in [-0.4, -0.2) is 30.4 Å². The van der Waals surface area contributed by atoms with Gasteiger partial charge in [-0.2, -0.15) is 4.98 Å². The number of nitrogens with two attached hydrogens (primary N) is 1. The van der Waals surface area contributed by atoms with Crippen molar-refractivity contribution in [2.75, 3.05) is 12.3 Å². The molecule has 0 amide bonds. The van der Waals surface area contributed by atoms with Crippen molar-refractivity contribution < 1.29 is 9.84 Å². The monoisotopic (exact) mass is 469 g/mol. The Hall–Kier alpha value is -3.56. The SMILES string of the molecule is CCn1c(=O)n(CCCO)c(=O)c2c1nc(Oc1cccc(Cl)c1)n2Cc1ccc(N)cc1. The summed E-state index contributed by atoms with van der Waals surface area (Å²) in [7, 11) is 0. The highest BCUT2D eigenvalue weighted by molar-refractivity contribution is 6.30. The average molecular weight is 470 g/mol. The van der Waals surface area contributed by atoms with Crippen molar-refractivity contribution in [2.24, 2.45) is 0 Å². The molecule has 0 saturated carbocycles. The van der Waals surface area contributed by atoms with Crippen LogP contribution in [0.25, 0.3) is 11.2 Å². The van der Waals surface area contributed by atoms with E-state index in [1.165, 1.54) is 4.57 Å². The number of hydrogen-bond donors (Lipinski definition) is 2. The zero-order valence-electron chi connectivity index (χ0n) is 18.1. The summed E-state index contributed by atoms with van der Waals surface area (Å²) in [5.74, 6) is 0.447. The molecule has 0 fully saturated rings. The minimum absolute atomic E-state index is 0.0989. The number of aryl methyl sites for hydroxylation is 1. The third-order valence-corrected chi connectivity index (χ3v) is 5.50. The van der Waals surface area contributed by atoms with E-state index >= 15 is 0 Å². The number of aliphatic hydroxyl groups is 1. The standard InChI is InChI=1S/C23H24ClN5O4/c1-2-27-20-19(21(31)28(23(27)32)11-4-12-30)29(14-15-7-9-17(25)10-8-15)22(26-20)33-18-6-3-5-16(24)13-18/h3,5-10,13,30H,2,4,11-12,14,25H2,1H3. The van der Waals surface area contributed by atoms with Crippen LogP contribution in [0.5, 0.6) is 11.8 Å². The van der Waals surface area contributed by atoms with Crippen molar-refractivity contribution in [3.8, 4) is 11.8 Å². The maximum absolute atomic E-state index is 13.4. The Balaban J connectivity index is 1.96. The van der Waals surface area contributed by atoms with Gasteiger partial charge in [0.15, 0.2) is 11.2 Å². The van der Waals surface area contributed by atoms with Gasteiger partial charge >= 0.3 is 11.7 Å². The third kappa shape index (κ3) is 4.50. The number of anilines is 1. The zero-order valence-corrected chi connectivity index (χ0v) is 18.8. The van der Waals surface area contributed by atoms with Crippen LogP contribution < -0.4 is 21.7 Å². The van der Waals surface area contributed by atoms with E-state index in [0.29, 0.717) is 23.0 Å². The van der Waals surface area contributed by atoms with E-state index in [4.69, 9.17) is 22.1 Å². The molecule has 0 aliphatic rings. The fourth-order valence-corrected chi connectivity index (χ4v) is 3.83. The second-order valence-electron chi connectivity index (χ2n) is 7.51. The van der Waals surface area contributed by atoms with E-state index in [1.807, 2.05) is 12.1 Å². The molecule has 9 nitrogen and oxygen atoms in total. The normalized spacial score (nSPS) is 11.2. The first-order valence-corrected chi connectivity index (χ1v) is 10.9. The highest BCUT2D eigenvalue weighted by Gasteiger charge is 2.22. The number of nitrogen functional groups attached to an aromatic ring is 1. The van der Waals surface area contributed by atoms with E-state index in [1.54, 1.807) is 47.9 Å². The molecule has 3 N–H and O–H groups in total. The molecule has 4 rings (SSSR count). The second kappa shape index (κ2) is 9.51. The van der Waals surface area contributed by atoms with Crippen molar-refractivity contribution in [1.82, 2.24) is 18.7 Å². The fraction of sp³-hybridized carbons (Fsp3) is 0.261. The van der Waals surface area contributed by atoms with E-state index in [2.05, 4.69) is 4.98 Å². The molecule has 2 aromatic heterocycles. The van der Waals surface area contributed by atoms with Crippen LogP contribution in [0.15, 0.2) is 58.1 Å². The number of rotatable bonds is 8. The lowest BCUT2D eigenvalue weighted by atomic mass is 10.2. The first kappa shape index (κ1) is 22.6. The molecule has 0 unspecified atom stereocenters. The lowest BCUT2D eigenvalue weighted by Crippen LogP contribution is -2.40. The van der Waals surface area contributed by atoms with Gasteiger partial charge in [-0.3, -0.25) is 18.5 Å². The molecule has 2 heterocycles. The van der Waals surface area contributed by atoms with Crippen LogP contribution >= 0.6 is 11.6 Å². The maximum atomic E-state index is 13.4. The topological polar surface area (TPSA) is 117 Å². The first-order chi connectivity index (χ1) is 15.9. The first-order valence-electron chi connectivity index (χ1n) is 10.6. The van der Waals surface area contributed by atoms with Crippen LogP contribution in [0, 0.1) is 0 Å². The molecule has 0 aliphatic heterocycles. The number of aromatic nitrogens is 4. The number of hydrogen-bond acceptors (Lipinski definition) is 6. The van der Waals surface area contributed by atoms with Gasteiger partial charge in [-0.1, -0.05) is 29.8 Å². The Morgan fingerprint density at radius 1 is 1.09 bits per heavy atom. The number of fused-ring (bicyclic) bond motifs is 1. The molecule has 0 spiro atoms. The summed E-state index contributed by atoms with van der Waals surface area (Å²) in [5.41, 5.74) is 6.81. The van der Waals surface area contributed by atoms with Crippen molar-refractivity contribution in [3.63, 3.8) is 0 Å². The molecule has 10 heteroatoms. The van der Waals surface area contributed by atoms with Crippen molar-refractivity contribution in [2.45, 2.75) is 33.0 Å². The summed E-state index contributed by atoms with van der Waals surface area (Å²) in [5, 5.41) is 9.72. The Kier molecular flexibility index (Phi) is 6.52. The van der Waals surface area contributed by atoms with Gasteiger partial charge in [0.25, 0.3) is 5.56 Å². The molecule has 2 aromatic carbocycles. The Labute approximate surface area is 194 Å². The van der Waals surface area contributed by atoms with Gasteiger partial charge in [-0.25, -0.2) is 4.79 Å². The number of halogens is 1. The number of benzene rings is 2. The molecule has 0 aliphatic carbocycles. The number of nitrogens with zero attached hydrogens (tertiary/aromatic N) is 4. The second-order valence-corrected chi connectivity index (χ2v) is 7.95. The van der Waals surface area contributed by atoms with Gasteiger partial charge in [0.05, 0.1) is 6.54 Å². The van der Waals surface area contributed by atoms with Crippen LogP contribution in [-0.2, 0) is 19.6 Å². The largest absolute Gasteiger partial charge is 0.425 e. The van der Waals surface area contributed by atoms with Crippen LogP contribution in [0.4, 0.5) is 5.69 Å². The molecular formula is C23H24ClN5O4. The highest BCUT2D eigenvalue weighted by Crippen LogP contribution is 2.27. The van der Waals surface area contributed by atoms with Gasteiger partial charge in [-0.15, -0.1) is 0 Å². The summed E-state index contributed by atoms with van der Waals surface area (Å²) < 4.78 is 10.2. The van der Waals surface area contributed by atoms with E-state index in [0.717, 1.165) is 10.1 Å². The quantitative estimate of drug-likeness (QED) is 0.383. The highest BCUT2D eigenvalue weighted by atomic mass is 35.5. The van der Waals surface area contributed by atoms with E-state index in [-0.39, 0.29) is 43.3 Å². The van der Waals surface area contributed by atoms with Gasteiger partial charge in [0, 0.05) is 30.4 Å². The summed E-state index contributed by atoms with van der Waals surface area (Å²) in [4.78, 5) is 30.9. The van der Waals surface area contributed by atoms with Gasteiger partial charge < -0.3 is 15.6 Å². The zero-order chi connectivity index (χ0) is 23.5. The van der Waals surface area contributed by atoms with Gasteiger partial charge in [-0.05, 0) is 49.2 Å². The summed E-state index contributed by atoms with van der Waals surface area (Å²) >= 11 is 6.10. The smallest absolute Gasteiger partial charge is 0.332 e. The Morgan fingerprint density at radius 2 is 1.85 bits per heavy atom. The van der Waals surface area contributed by atoms with Crippen LogP contribution in [0.2, 0.25) is 5.02 Å². The lowest BCUT2D eigenvalue weighted by Gasteiger charge is -2.12. The Bertz CT molecular complexity index is 1410. The number of ether oxygens (including phenoxy) is 1. The third-order valence-electron chi connectivity index (χ3n) is 5.26. The van der Waals surface area contributed by atoms with E-state index in [9.17, 15) is 14.7 Å². The summed E-state index contributed by atoms with van der Waals surface area (Å²) in [6.07, 6.45) is 0.280. The van der Waals surface area contributed by atoms with E-state index < -0.39 is 11.2 Å². The number of aliphatic hydroxyl groups excluding tert-OH is 1. The predicted molar refractivity (Wildman–Crippen MR) is 127 cm³/mol. The molecule has 0 saturated heterocycles. The fourth-order valence-electron chi connectivity index (χ4n) is 3.65. The molecular weight excluding hydrogens is 446 g/mol. The van der Waals surface area contributed by atoms with Crippen molar-refractivity contribution in [3.05, 3.63) is 80.0 Å². The number of imidazole rings is 1. The molecule has 0 atom stereocenters. The maximum Gasteiger partial charge on any atom is 0.332 e. The van der Waals surface area contributed by atoms with Crippen LogP contribution in [0.3, 0.4) is 0 Å². The van der Waals surface area contributed by atoms with Gasteiger partial charge in [0.1, 0.15) is 5.75 Å². The molecule has 172 valence electrons. The predicted octanol–water partition coefficient (Wildman–Crippen LogP) is 2.84. The summed E-state index contributed by atoms with van der Waals surface area (Å²) in [6, 6.07) is 14.2. The van der Waals surface area contributed by atoms with Crippen molar-refractivity contribution in [1.29, 1.82) is 0 Å². The Morgan fingerprint density at radius 3 is 2.52 bits per heavy atom. The molecule has 4 aromatic rings. The van der Waals surface area contributed by atoms with Gasteiger partial charge in [0.2, 0.25) is 0 Å². The summed E-state index contributed by atoms with van der Waals surface area (Å²) in [6.45, 7) is 2.35. The molecule has 0 bridgehead atoms. The lowest BCUT2D eigenvalue weighted by molar-refractivity contribution is 0.277. The minimum Gasteiger partial charge on any atom is -0.425 e.